The highest BCUT2D eigenvalue weighted by atomic mass is 16.5. The zero-order valence-electron chi connectivity index (χ0n) is 11.9. The van der Waals surface area contributed by atoms with Crippen LogP contribution in [0.1, 0.15) is 33.1 Å². The standard InChI is InChI=1S/C14H28N2O2/c1-12-10-14(11-13(2)18-12)15-4-3-5-16-6-8-17-9-7-16/h12-15H,3-11H2,1-2H3. The summed E-state index contributed by atoms with van der Waals surface area (Å²) < 4.78 is 11.1. The number of ether oxygens (including phenoxy) is 2. The third-order valence-corrected chi connectivity index (χ3v) is 3.89. The lowest BCUT2D eigenvalue weighted by Crippen LogP contribution is -2.42. The van der Waals surface area contributed by atoms with Crippen LogP contribution < -0.4 is 5.32 Å². The molecular formula is C14H28N2O2. The molecule has 0 saturated carbocycles. The molecule has 0 amide bonds. The number of nitrogens with one attached hydrogen (secondary N) is 1. The molecule has 4 nitrogen and oxygen atoms in total. The maximum absolute atomic E-state index is 5.76. The van der Waals surface area contributed by atoms with Crippen molar-refractivity contribution in [3.63, 3.8) is 0 Å². The molecule has 2 atom stereocenters. The Balaban J connectivity index is 1.54. The number of nitrogens with zero attached hydrogens (tertiary/aromatic N) is 1. The molecule has 4 heteroatoms. The Kier molecular flexibility index (Phi) is 5.89. The smallest absolute Gasteiger partial charge is 0.0594 e. The Hall–Kier alpha value is -0.160. The normalized spacial score (nSPS) is 34.7. The van der Waals surface area contributed by atoms with Crippen molar-refractivity contribution in [3.05, 3.63) is 0 Å². The molecule has 18 heavy (non-hydrogen) atoms. The van der Waals surface area contributed by atoms with Crippen molar-refractivity contribution in [3.8, 4) is 0 Å². The zero-order chi connectivity index (χ0) is 12.8. The van der Waals surface area contributed by atoms with Crippen molar-refractivity contribution in [2.75, 3.05) is 39.4 Å². The van der Waals surface area contributed by atoms with Crippen molar-refractivity contribution in [2.45, 2.75) is 51.4 Å². The SMILES string of the molecule is CC1CC(NCCCN2CCOCC2)CC(C)O1. The predicted octanol–water partition coefficient (Wildman–Crippen LogP) is 1.25. The average Bonchev–Trinajstić information content (AvgIpc) is 2.35. The molecule has 1 N–H and O–H groups in total. The van der Waals surface area contributed by atoms with Crippen LogP contribution in [0.5, 0.6) is 0 Å². The summed E-state index contributed by atoms with van der Waals surface area (Å²) >= 11 is 0. The minimum atomic E-state index is 0.408. The molecule has 0 aromatic carbocycles. The lowest BCUT2D eigenvalue weighted by molar-refractivity contribution is -0.0421. The van der Waals surface area contributed by atoms with Crippen LogP contribution in [0.25, 0.3) is 0 Å². The second kappa shape index (κ2) is 7.43. The summed E-state index contributed by atoms with van der Waals surface area (Å²) in [5, 5.41) is 3.68. The summed E-state index contributed by atoms with van der Waals surface area (Å²) in [6, 6.07) is 0.647. The van der Waals surface area contributed by atoms with Gasteiger partial charge in [0.25, 0.3) is 0 Å². The van der Waals surface area contributed by atoms with Gasteiger partial charge in [-0.15, -0.1) is 0 Å². The van der Waals surface area contributed by atoms with Crippen molar-refractivity contribution in [2.24, 2.45) is 0 Å². The van der Waals surface area contributed by atoms with Crippen LogP contribution in [0.3, 0.4) is 0 Å². The molecule has 0 bridgehead atoms. The largest absolute Gasteiger partial charge is 0.379 e. The number of hydrogen-bond acceptors (Lipinski definition) is 4. The van der Waals surface area contributed by atoms with E-state index in [0.717, 1.165) is 45.7 Å². The highest BCUT2D eigenvalue weighted by Gasteiger charge is 2.23. The molecule has 2 unspecified atom stereocenters. The van der Waals surface area contributed by atoms with Gasteiger partial charge in [0, 0.05) is 19.1 Å². The first-order chi connectivity index (χ1) is 8.74. The Morgan fingerprint density at radius 1 is 1.11 bits per heavy atom. The van der Waals surface area contributed by atoms with Gasteiger partial charge in [-0.3, -0.25) is 4.90 Å². The lowest BCUT2D eigenvalue weighted by Gasteiger charge is -2.33. The van der Waals surface area contributed by atoms with E-state index in [1.807, 2.05) is 0 Å². The second-order valence-corrected chi connectivity index (χ2v) is 5.69. The molecule has 0 aromatic heterocycles. The van der Waals surface area contributed by atoms with Crippen LogP contribution in [0.4, 0.5) is 0 Å². The first-order valence-electron chi connectivity index (χ1n) is 7.43. The van der Waals surface area contributed by atoms with Gasteiger partial charge in [0.05, 0.1) is 25.4 Å². The lowest BCUT2D eigenvalue weighted by atomic mass is 10.00. The summed E-state index contributed by atoms with van der Waals surface area (Å²) in [4.78, 5) is 2.50. The van der Waals surface area contributed by atoms with Crippen molar-refractivity contribution in [1.82, 2.24) is 10.2 Å². The summed E-state index contributed by atoms with van der Waals surface area (Å²) in [6.45, 7) is 10.7. The molecule has 2 fully saturated rings. The molecule has 2 heterocycles. The van der Waals surface area contributed by atoms with E-state index in [9.17, 15) is 0 Å². The summed E-state index contributed by atoms with van der Waals surface area (Å²) in [5.74, 6) is 0. The van der Waals surface area contributed by atoms with E-state index < -0.39 is 0 Å². The van der Waals surface area contributed by atoms with E-state index in [-0.39, 0.29) is 0 Å². The van der Waals surface area contributed by atoms with Crippen molar-refractivity contribution in [1.29, 1.82) is 0 Å². The molecule has 0 aromatic rings. The number of morpholine rings is 1. The van der Waals surface area contributed by atoms with Gasteiger partial charge >= 0.3 is 0 Å². The maximum atomic E-state index is 5.76. The number of rotatable bonds is 5. The maximum Gasteiger partial charge on any atom is 0.0594 e. The molecule has 2 aliphatic rings. The van der Waals surface area contributed by atoms with E-state index in [1.54, 1.807) is 0 Å². The molecule has 0 aliphatic carbocycles. The van der Waals surface area contributed by atoms with E-state index in [2.05, 4.69) is 24.1 Å². The van der Waals surface area contributed by atoms with Crippen molar-refractivity contribution >= 4 is 0 Å². The van der Waals surface area contributed by atoms with Gasteiger partial charge in [0.15, 0.2) is 0 Å². The van der Waals surface area contributed by atoms with E-state index in [0.29, 0.717) is 18.2 Å². The van der Waals surface area contributed by atoms with Gasteiger partial charge in [0.1, 0.15) is 0 Å². The van der Waals surface area contributed by atoms with Crippen LogP contribution in [-0.2, 0) is 9.47 Å². The molecule has 106 valence electrons. The minimum Gasteiger partial charge on any atom is -0.379 e. The third kappa shape index (κ3) is 4.84. The van der Waals surface area contributed by atoms with E-state index >= 15 is 0 Å². The van der Waals surface area contributed by atoms with Gasteiger partial charge in [-0.25, -0.2) is 0 Å². The van der Waals surface area contributed by atoms with Crippen LogP contribution in [0.15, 0.2) is 0 Å². The highest BCUT2D eigenvalue weighted by molar-refractivity contribution is 4.78. The van der Waals surface area contributed by atoms with Crippen LogP contribution in [-0.4, -0.2) is 62.5 Å². The van der Waals surface area contributed by atoms with Gasteiger partial charge in [0.2, 0.25) is 0 Å². The summed E-state index contributed by atoms with van der Waals surface area (Å²) in [6.07, 6.45) is 4.36. The topological polar surface area (TPSA) is 33.7 Å². The minimum absolute atomic E-state index is 0.408. The third-order valence-electron chi connectivity index (χ3n) is 3.89. The molecule has 0 spiro atoms. The van der Waals surface area contributed by atoms with Crippen LogP contribution >= 0.6 is 0 Å². The van der Waals surface area contributed by atoms with Gasteiger partial charge in [-0.1, -0.05) is 0 Å². The highest BCUT2D eigenvalue weighted by Crippen LogP contribution is 2.18. The average molecular weight is 256 g/mol. The Labute approximate surface area is 111 Å². The van der Waals surface area contributed by atoms with Gasteiger partial charge in [-0.2, -0.15) is 0 Å². The van der Waals surface area contributed by atoms with Crippen LogP contribution in [0, 0.1) is 0 Å². The molecule has 2 rings (SSSR count). The number of hydrogen-bond donors (Lipinski definition) is 1. The summed E-state index contributed by atoms with van der Waals surface area (Å²) in [7, 11) is 0. The fraction of sp³-hybridized carbons (Fsp3) is 1.00. The van der Waals surface area contributed by atoms with Gasteiger partial charge in [-0.05, 0) is 46.2 Å². The molecule has 2 saturated heterocycles. The van der Waals surface area contributed by atoms with Crippen molar-refractivity contribution < 1.29 is 9.47 Å². The molecule has 0 radical (unpaired) electrons. The first-order valence-corrected chi connectivity index (χ1v) is 7.43. The van der Waals surface area contributed by atoms with Gasteiger partial charge < -0.3 is 14.8 Å². The Morgan fingerprint density at radius 3 is 2.44 bits per heavy atom. The summed E-state index contributed by atoms with van der Waals surface area (Å²) in [5.41, 5.74) is 0. The van der Waals surface area contributed by atoms with Crippen LogP contribution in [0.2, 0.25) is 0 Å². The monoisotopic (exact) mass is 256 g/mol. The van der Waals surface area contributed by atoms with E-state index in [1.165, 1.54) is 13.0 Å². The Morgan fingerprint density at radius 2 is 1.78 bits per heavy atom. The first kappa shape index (κ1) is 14.3. The second-order valence-electron chi connectivity index (χ2n) is 5.69. The zero-order valence-corrected chi connectivity index (χ0v) is 11.9. The quantitative estimate of drug-likeness (QED) is 0.751. The van der Waals surface area contributed by atoms with E-state index in [4.69, 9.17) is 9.47 Å². The molecule has 2 aliphatic heterocycles. The predicted molar refractivity (Wildman–Crippen MR) is 72.9 cm³/mol. The molecular weight excluding hydrogens is 228 g/mol. The fourth-order valence-corrected chi connectivity index (χ4v) is 3.01. The fourth-order valence-electron chi connectivity index (χ4n) is 3.01. The Bertz CT molecular complexity index is 222.